The smallest absolute Gasteiger partial charge is 0.115 e. The van der Waals surface area contributed by atoms with E-state index in [-0.39, 0.29) is 6.54 Å². The second-order valence-corrected chi connectivity index (χ2v) is 0.890. The number of nitrogens with zero attached hydrogens (tertiary/aromatic N) is 1. The first-order valence-corrected chi connectivity index (χ1v) is 1.93. The van der Waals surface area contributed by atoms with Crippen LogP contribution in [0.3, 0.4) is 0 Å². The lowest BCUT2D eigenvalue weighted by Gasteiger charge is -1.89. The summed E-state index contributed by atoms with van der Waals surface area (Å²) in [5.41, 5.74) is 0. The van der Waals surface area contributed by atoms with E-state index in [4.69, 9.17) is 0 Å². The molecule has 40 valence electrons. The third kappa shape index (κ3) is 5.14. The molecule has 0 aliphatic rings. The second-order valence-electron chi connectivity index (χ2n) is 0.890. The van der Waals surface area contributed by atoms with Gasteiger partial charge in [-0.2, -0.15) is 4.91 Å². The van der Waals surface area contributed by atoms with Crippen LogP contribution in [0.25, 0.3) is 0 Å². The third-order valence-corrected chi connectivity index (χ3v) is 0.418. The van der Waals surface area contributed by atoms with Crippen LogP contribution in [0, 0.1) is 4.91 Å². The minimum absolute atomic E-state index is 0.200. The molecule has 0 spiro atoms. The summed E-state index contributed by atoms with van der Waals surface area (Å²) in [4.78, 5) is 9.32. The van der Waals surface area contributed by atoms with Gasteiger partial charge >= 0.3 is 0 Å². The Morgan fingerprint density at radius 2 is 2.57 bits per heavy atom. The quantitative estimate of drug-likeness (QED) is 0.300. The molecule has 0 atom stereocenters. The fourth-order valence-corrected chi connectivity index (χ4v) is 0.173. The molecule has 3 heteroatoms. The lowest BCUT2D eigenvalue weighted by Crippen LogP contribution is -1.88. The molecule has 0 aromatic carbocycles. The molecular weight excluding hydrogens is 94.0 g/mol. The van der Waals surface area contributed by atoms with Crippen molar-refractivity contribution in [3.63, 3.8) is 0 Å². The van der Waals surface area contributed by atoms with Crippen LogP contribution in [-0.2, 0) is 4.74 Å². The van der Waals surface area contributed by atoms with Crippen molar-refractivity contribution in [2.75, 3.05) is 13.2 Å². The Bertz CT molecular complexity index is 54.7. The van der Waals surface area contributed by atoms with Gasteiger partial charge in [0.1, 0.15) is 13.2 Å². The van der Waals surface area contributed by atoms with Crippen LogP contribution in [0.4, 0.5) is 0 Å². The summed E-state index contributed by atoms with van der Waals surface area (Å²) >= 11 is 0. The zero-order chi connectivity index (χ0) is 5.54. The van der Waals surface area contributed by atoms with Crippen LogP contribution in [0.15, 0.2) is 18.0 Å². The summed E-state index contributed by atoms with van der Waals surface area (Å²) in [7, 11) is 0. The first-order chi connectivity index (χ1) is 3.41. The van der Waals surface area contributed by atoms with Gasteiger partial charge in [0.15, 0.2) is 0 Å². The Kier molecular flexibility index (Phi) is 4.51. The van der Waals surface area contributed by atoms with Gasteiger partial charge in [0.25, 0.3) is 0 Å². The van der Waals surface area contributed by atoms with Gasteiger partial charge in [-0.05, 0) is 0 Å². The van der Waals surface area contributed by atoms with Crippen molar-refractivity contribution in [1.29, 1.82) is 0 Å². The molecule has 0 bridgehead atoms. The van der Waals surface area contributed by atoms with Crippen molar-refractivity contribution in [1.82, 2.24) is 0 Å². The minimum Gasteiger partial charge on any atom is -0.500 e. The van der Waals surface area contributed by atoms with Crippen molar-refractivity contribution in [3.05, 3.63) is 17.7 Å². The molecule has 3 nitrogen and oxygen atoms in total. The highest BCUT2D eigenvalue weighted by atomic mass is 16.5. The van der Waals surface area contributed by atoms with Crippen molar-refractivity contribution in [3.8, 4) is 0 Å². The molecule has 0 heterocycles. The molecule has 0 N–H and O–H groups in total. The molecule has 0 aromatic heterocycles. The molecule has 0 saturated carbocycles. The molecule has 0 aliphatic heterocycles. The standard InChI is InChI=1S/C4H7NO2/c1-2-7-4-3-5-6/h2H,1,3-4H2. The number of hydrogen-bond donors (Lipinski definition) is 0. The molecule has 0 aromatic rings. The van der Waals surface area contributed by atoms with Gasteiger partial charge in [0.2, 0.25) is 0 Å². The fourth-order valence-electron chi connectivity index (χ4n) is 0.173. The fraction of sp³-hybridized carbons (Fsp3) is 0.500. The van der Waals surface area contributed by atoms with E-state index in [1.165, 1.54) is 6.26 Å². The summed E-state index contributed by atoms with van der Waals surface area (Å²) in [6.45, 7) is 3.81. The lowest BCUT2D eigenvalue weighted by atomic mass is 10.7. The monoisotopic (exact) mass is 101 g/mol. The van der Waals surface area contributed by atoms with Crippen LogP contribution in [0.5, 0.6) is 0 Å². The maximum absolute atomic E-state index is 9.32. The first kappa shape index (κ1) is 6.14. The topological polar surface area (TPSA) is 38.7 Å². The van der Waals surface area contributed by atoms with E-state index in [1.807, 2.05) is 0 Å². The Balaban J connectivity index is 2.68. The zero-order valence-corrected chi connectivity index (χ0v) is 3.96. The van der Waals surface area contributed by atoms with E-state index in [9.17, 15) is 4.91 Å². The second kappa shape index (κ2) is 5.14. The average Bonchev–Trinajstić information content (AvgIpc) is 1.69. The first-order valence-electron chi connectivity index (χ1n) is 1.93. The highest BCUT2D eigenvalue weighted by molar-refractivity contribution is 4.49. The SMILES string of the molecule is C=COCCN=O. The van der Waals surface area contributed by atoms with Crippen molar-refractivity contribution in [2.45, 2.75) is 0 Å². The third-order valence-electron chi connectivity index (χ3n) is 0.418. The predicted octanol–water partition coefficient (Wildman–Crippen LogP) is 0.913. The highest BCUT2D eigenvalue weighted by Crippen LogP contribution is 1.72. The van der Waals surface area contributed by atoms with Gasteiger partial charge in [-0.3, -0.25) is 0 Å². The highest BCUT2D eigenvalue weighted by Gasteiger charge is 1.76. The van der Waals surface area contributed by atoms with Gasteiger partial charge in [-0.25, -0.2) is 0 Å². The van der Waals surface area contributed by atoms with Crippen LogP contribution in [0.1, 0.15) is 0 Å². The van der Waals surface area contributed by atoms with E-state index >= 15 is 0 Å². The predicted molar refractivity (Wildman–Crippen MR) is 26.8 cm³/mol. The summed E-state index contributed by atoms with van der Waals surface area (Å²) in [5.74, 6) is 0. The Morgan fingerprint density at radius 1 is 1.86 bits per heavy atom. The minimum atomic E-state index is 0.200. The number of ether oxygens (including phenoxy) is 1. The summed E-state index contributed by atoms with van der Waals surface area (Å²) in [6, 6.07) is 0. The summed E-state index contributed by atoms with van der Waals surface area (Å²) < 4.78 is 4.54. The van der Waals surface area contributed by atoms with Crippen molar-refractivity contribution in [2.24, 2.45) is 5.18 Å². The maximum Gasteiger partial charge on any atom is 0.115 e. The number of hydrogen-bond acceptors (Lipinski definition) is 3. The number of rotatable bonds is 4. The molecule has 0 rings (SSSR count). The van der Waals surface area contributed by atoms with E-state index in [0.717, 1.165) is 0 Å². The Labute approximate surface area is 42.0 Å². The largest absolute Gasteiger partial charge is 0.500 e. The van der Waals surface area contributed by atoms with Crippen LogP contribution in [0.2, 0.25) is 0 Å². The van der Waals surface area contributed by atoms with Gasteiger partial charge in [0.05, 0.1) is 6.26 Å². The Morgan fingerprint density at radius 3 is 3.00 bits per heavy atom. The maximum atomic E-state index is 9.32. The van der Waals surface area contributed by atoms with Gasteiger partial charge in [-0.15, -0.1) is 0 Å². The Hall–Kier alpha value is -0.860. The van der Waals surface area contributed by atoms with E-state index in [0.29, 0.717) is 6.61 Å². The zero-order valence-electron chi connectivity index (χ0n) is 3.96. The van der Waals surface area contributed by atoms with E-state index < -0.39 is 0 Å². The van der Waals surface area contributed by atoms with Crippen LogP contribution >= 0.6 is 0 Å². The summed E-state index contributed by atoms with van der Waals surface area (Å²) in [5, 5.41) is 2.55. The summed E-state index contributed by atoms with van der Waals surface area (Å²) in [6.07, 6.45) is 1.28. The molecule has 0 aliphatic carbocycles. The molecule has 0 saturated heterocycles. The molecule has 0 radical (unpaired) electrons. The van der Waals surface area contributed by atoms with Gasteiger partial charge in [-0.1, -0.05) is 11.8 Å². The van der Waals surface area contributed by atoms with E-state index in [2.05, 4.69) is 16.5 Å². The lowest BCUT2D eigenvalue weighted by molar-refractivity contribution is 0.261. The van der Waals surface area contributed by atoms with Crippen molar-refractivity contribution >= 4 is 0 Å². The van der Waals surface area contributed by atoms with Crippen molar-refractivity contribution < 1.29 is 4.74 Å². The average molecular weight is 101 g/mol. The molecular formula is C4H7NO2. The normalized spacial score (nSPS) is 7.43. The van der Waals surface area contributed by atoms with Crippen LogP contribution < -0.4 is 0 Å². The molecule has 0 unspecified atom stereocenters. The molecule has 0 amide bonds. The van der Waals surface area contributed by atoms with Gasteiger partial charge in [0, 0.05) is 0 Å². The molecule has 7 heavy (non-hydrogen) atoms. The number of nitroso groups, excluding NO2 is 1. The molecule has 0 fully saturated rings. The van der Waals surface area contributed by atoms with E-state index in [1.54, 1.807) is 0 Å². The van der Waals surface area contributed by atoms with Crippen LogP contribution in [-0.4, -0.2) is 13.2 Å². The van der Waals surface area contributed by atoms with Gasteiger partial charge < -0.3 is 4.74 Å².